The van der Waals surface area contributed by atoms with Crippen molar-refractivity contribution < 1.29 is 0 Å². The topological polar surface area (TPSA) is 0 Å². The van der Waals surface area contributed by atoms with Gasteiger partial charge in [-0.05, 0) is 31.1 Å². The number of hydrogen-bond acceptors (Lipinski definition) is 0. The molecule has 1 rings (SSSR count). The van der Waals surface area contributed by atoms with Gasteiger partial charge in [-0.1, -0.05) is 31.9 Å². The summed E-state index contributed by atoms with van der Waals surface area (Å²) in [4.78, 5) is 0. The van der Waals surface area contributed by atoms with Crippen LogP contribution in [-0.4, -0.2) is 10.7 Å². The van der Waals surface area contributed by atoms with Gasteiger partial charge in [0, 0.05) is 10.7 Å². The van der Waals surface area contributed by atoms with Crippen LogP contribution in [0.2, 0.25) is 0 Å². The molecule has 0 N–H and O–H groups in total. The number of hydrogen-bond donors (Lipinski definition) is 0. The van der Waals surface area contributed by atoms with Gasteiger partial charge in [0.1, 0.15) is 0 Å². The summed E-state index contributed by atoms with van der Waals surface area (Å²) in [6.45, 7) is 0. The van der Waals surface area contributed by atoms with E-state index in [9.17, 15) is 0 Å². The third kappa shape index (κ3) is 2.23. The maximum absolute atomic E-state index is 3.52. The van der Waals surface area contributed by atoms with E-state index in [0.717, 1.165) is 11.8 Å². The maximum Gasteiger partial charge on any atom is 0.00597 e. The van der Waals surface area contributed by atoms with Gasteiger partial charge in [0.05, 0.1) is 0 Å². The van der Waals surface area contributed by atoms with E-state index in [1.54, 1.807) is 0 Å². The lowest BCUT2D eigenvalue weighted by Crippen LogP contribution is -1.97. The van der Waals surface area contributed by atoms with Gasteiger partial charge in [-0.25, -0.2) is 0 Å². The van der Waals surface area contributed by atoms with Crippen molar-refractivity contribution in [2.24, 2.45) is 11.8 Å². The largest absolute Gasteiger partial charge is 0.0925 e. The zero-order valence-electron chi connectivity index (χ0n) is 5.45. The van der Waals surface area contributed by atoms with E-state index in [1.165, 1.54) is 29.9 Å². The first-order valence-corrected chi connectivity index (χ1v) is 5.73. The maximum atomic E-state index is 3.52. The Balaban J connectivity index is 2.20. The molecule has 54 valence electrons. The third-order valence-electron chi connectivity index (χ3n) is 2.09. The fourth-order valence-electron chi connectivity index (χ4n) is 1.46. The summed E-state index contributed by atoms with van der Waals surface area (Å²) in [6.07, 6.45) is 4.29. The zero-order chi connectivity index (χ0) is 6.69. The van der Waals surface area contributed by atoms with Gasteiger partial charge in [-0.2, -0.15) is 0 Å². The first-order valence-electron chi connectivity index (χ1n) is 3.48. The Morgan fingerprint density at radius 3 is 1.67 bits per heavy atom. The second-order valence-electron chi connectivity index (χ2n) is 2.85. The SMILES string of the molecule is BrCC1CC[C@H](CBr)C1. The average Bonchev–Trinajstić information content (AvgIpc) is 2.34. The molecule has 9 heavy (non-hydrogen) atoms. The summed E-state index contributed by atoms with van der Waals surface area (Å²) < 4.78 is 0. The van der Waals surface area contributed by atoms with Crippen molar-refractivity contribution in [3.05, 3.63) is 0 Å². The van der Waals surface area contributed by atoms with Crippen molar-refractivity contribution in [1.29, 1.82) is 0 Å². The van der Waals surface area contributed by atoms with Crippen LogP contribution in [0.3, 0.4) is 0 Å². The van der Waals surface area contributed by atoms with E-state index in [4.69, 9.17) is 0 Å². The molecular formula is C7H12Br2. The minimum Gasteiger partial charge on any atom is -0.0925 e. The lowest BCUT2D eigenvalue weighted by atomic mass is 10.1. The molecule has 0 aromatic carbocycles. The van der Waals surface area contributed by atoms with E-state index in [2.05, 4.69) is 31.9 Å². The predicted molar refractivity (Wildman–Crippen MR) is 48.4 cm³/mol. The van der Waals surface area contributed by atoms with Gasteiger partial charge in [0.25, 0.3) is 0 Å². The number of alkyl halides is 2. The molecule has 0 spiro atoms. The van der Waals surface area contributed by atoms with Crippen LogP contribution in [0.5, 0.6) is 0 Å². The zero-order valence-corrected chi connectivity index (χ0v) is 8.62. The highest BCUT2D eigenvalue weighted by Gasteiger charge is 2.22. The normalized spacial score (nSPS) is 35.3. The Hall–Kier alpha value is 0.960. The fourth-order valence-corrected chi connectivity index (χ4v) is 2.63. The van der Waals surface area contributed by atoms with Crippen LogP contribution in [0, 0.1) is 11.8 Å². The van der Waals surface area contributed by atoms with E-state index in [-0.39, 0.29) is 0 Å². The number of halogens is 2. The highest BCUT2D eigenvalue weighted by molar-refractivity contribution is 9.09. The van der Waals surface area contributed by atoms with Gasteiger partial charge in [-0.15, -0.1) is 0 Å². The average molecular weight is 256 g/mol. The van der Waals surface area contributed by atoms with Crippen LogP contribution >= 0.6 is 31.9 Å². The van der Waals surface area contributed by atoms with E-state index in [0.29, 0.717) is 0 Å². The smallest absolute Gasteiger partial charge is 0.00597 e. The van der Waals surface area contributed by atoms with Crippen LogP contribution in [-0.2, 0) is 0 Å². The van der Waals surface area contributed by atoms with Crippen LogP contribution < -0.4 is 0 Å². The van der Waals surface area contributed by atoms with Gasteiger partial charge in [-0.3, -0.25) is 0 Å². The summed E-state index contributed by atoms with van der Waals surface area (Å²) in [7, 11) is 0. The Kier molecular flexibility index (Phi) is 3.55. The van der Waals surface area contributed by atoms with E-state index in [1.807, 2.05) is 0 Å². The van der Waals surface area contributed by atoms with Crippen molar-refractivity contribution in [2.45, 2.75) is 19.3 Å². The van der Waals surface area contributed by atoms with Gasteiger partial charge >= 0.3 is 0 Å². The molecule has 1 aliphatic carbocycles. The van der Waals surface area contributed by atoms with Crippen molar-refractivity contribution >= 4 is 31.9 Å². The lowest BCUT2D eigenvalue weighted by molar-refractivity contribution is 0.572. The van der Waals surface area contributed by atoms with Crippen molar-refractivity contribution in [3.63, 3.8) is 0 Å². The Bertz CT molecular complexity index is 73.0. The van der Waals surface area contributed by atoms with Crippen molar-refractivity contribution in [3.8, 4) is 0 Å². The van der Waals surface area contributed by atoms with Gasteiger partial charge < -0.3 is 0 Å². The van der Waals surface area contributed by atoms with Crippen molar-refractivity contribution in [2.75, 3.05) is 10.7 Å². The molecule has 0 aromatic rings. The summed E-state index contributed by atoms with van der Waals surface area (Å²) in [5.41, 5.74) is 0. The molecule has 1 unspecified atom stereocenters. The molecule has 0 radical (unpaired) electrons. The molecule has 1 fully saturated rings. The molecule has 0 aliphatic heterocycles. The number of rotatable bonds is 2. The first-order chi connectivity index (χ1) is 4.36. The second-order valence-corrected chi connectivity index (χ2v) is 4.15. The van der Waals surface area contributed by atoms with Crippen LogP contribution in [0.25, 0.3) is 0 Å². The molecule has 2 heteroatoms. The third-order valence-corrected chi connectivity index (χ3v) is 3.92. The van der Waals surface area contributed by atoms with Crippen LogP contribution in [0.4, 0.5) is 0 Å². The molecular weight excluding hydrogens is 244 g/mol. The minimum atomic E-state index is 0.965. The molecule has 2 atom stereocenters. The Morgan fingerprint density at radius 1 is 1.00 bits per heavy atom. The Labute approximate surface area is 73.7 Å². The summed E-state index contributed by atoms with van der Waals surface area (Å²) >= 11 is 7.04. The van der Waals surface area contributed by atoms with Crippen LogP contribution in [0.1, 0.15) is 19.3 Å². The highest BCUT2D eigenvalue weighted by atomic mass is 79.9. The molecule has 0 aromatic heterocycles. The van der Waals surface area contributed by atoms with Crippen molar-refractivity contribution in [1.82, 2.24) is 0 Å². The standard InChI is InChI=1S/C7H12Br2/c8-4-6-1-2-7(3-6)5-9/h6-7H,1-5H2/t6-,7?/m0/s1. The summed E-state index contributed by atoms with van der Waals surface area (Å²) in [5.74, 6) is 1.93. The molecule has 1 saturated carbocycles. The monoisotopic (exact) mass is 254 g/mol. The quantitative estimate of drug-likeness (QED) is 0.665. The molecule has 0 amide bonds. The lowest BCUT2D eigenvalue weighted by Gasteiger charge is -2.03. The summed E-state index contributed by atoms with van der Waals surface area (Å²) in [5, 5.41) is 2.41. The van der Waals surface area contributed by atoms with Gasteiger partial charge in [0.2, 0.25) is 0 Å². The molecule has 0 heterocycles. The fraction of sp³-hybridized carbons (Fsp3) is 1.00. The van der Waals surface area contributed by atoms with Gasteiger partial charge in [0.15, 0.2) is 0 Å². The molecule has 1 aliphatic rings. The van der Waals surface area contributed by atoms with Crippen LogP contribution in [0.15, 0.2) is 0 Å². The summed E-state index contributed by atoms with van der Waals surface area (Å²) in [6, 6.07) is 0. The minimum absolute atomic E-state index is 0.965. The first kappa shape index (κ1) is 8.06. The molecule has 0 saturated heterocycles. The molecule has 0 nitrogen and oxygen atoms in total. The second kappa shape index (κ2) is 3.97. The van der Waals surface area contributed by atoms with E-state index < -0.39 is 0 Å². The highest BCUT2D eigenvalue weighted by Crippen LogP contribution is 2.32. The van der Waals surface area contributed by atoms with E-state index >= 15 is 0 Å². The predicted octanol–water partition coefficient (Wildman–Crippen LogP) is 3.19. The molecule has 0 bridgehead atoms. The Morgan fingerprint density at radius 2 is 1.44 bits per heavy atom.